The minimum Gasteiger partial charge on any atom is -0.454 e. The van der Waals surface area contributed by atoms with Gasteiger partial charge in [-0.15, -0.1) is 0 Å². The van der Waals surface area contributed by atoms with Crippen molar-refractivity contribution in [3.8, 4) is 17.6 Å². The molecule has 0 saturated carbocycles. The molecule has 6 nitrogen and oxygen atoms in total. The van der Waals surface area contributed by atoms with Crippen LogP contribution in [0.25, 0.3) is 0 Å². The molecule has 0 saturated heterocycles. The molecule has 1 aliphatic heterocycles. The number of amides is 1. The SMILES string of the molecule is N#CCC(=O)NN=Cc1cc2c(cc1Br)OCO2. The standard InChI is InChI=1S/C11H8BrN3O3/c12-8-4-10-9(17-6-18-10)3-7(8)5-14-15-11(16)1-2-13/h3-5H,1,6H2,(H,15,16). The Bertz CT molecular complexity index is 551. The summed E-state index contributed by atoms with van der Waals surface area (Å²) >= 11 is 3.36. The first-order chi connectivity index (χ1) is 8.70. The first-order valence-corrected chi connectivity index (χ1v) is 5.78. The third kappa shape index (κ3) is 2.78. The van der Waals surface area contributed by atoms with Gasteiger partial charge in [0.2, 0.25) is 6.79 Å². The maximum atomic E-state index is 11.0. The van der Waals surface area contributed by atoms with Crippen molar-refractivity contribution < 1.29 is 14.3 Å². The van der Waals surface area contributed by atoms with Gasteiger partial charge in [-0.2, -0.15) is 10.4 Å². The quantitative estimate of drug-likeness (QED) is 0.678. The van der Waals surface area contributed by atoms with Crippen LogP contribution < -0.4 is 14.9 Å². The summed E-state index contributed by atoms with van der Waals surface area (Å²) in [6.07, 6.45) is 1.24. The van der Waals surface area contributed by atoms with Gasteiger partial charge in [-0.25, -0.2) is 5.43 Å². The van der Waals surface area contributed by atoms with Crippen molar-refractivity contribution in [1.82, 2.24) is 5.43 Å². The largest absolute Gasteiger partial charge is 0.454 e. The van der Waals surface area contributed by atoms with Gasteiger partial charge in [0.25, 0.3) is 5.91 Å². The van der Waals surface area contributed by atoms with Gasteiger partial charge < -0.3 is 9.47 Å². The number of benzene rings is 1. The van der Waals surface area contributed by atoms with Crippen molar-refractivity contribution in [3.63, 3.8) is 0 Å². The molecule has 1 N–H and O–H groups in total. The number of hydrazone groups is 1. The fraction of sp³-hybridized carbons (Fsp3) is 0.182. The van der Waals surface area contributed by atoms with Gasteiger partial charge in [0.05, 0.1) is 12.3 Å². The molecule has 0 spiro atoms. The number of nitrogens with one attached hydrogen (secondary N) is 1. The lowest BCUT2D eigenvalue weighted by Gasteiger charge is -2.01. The number of halogens is 1. The number of nitriles is 1. The predicted molar refractivity (Wildman–Crippen MR) is 66.2 cm³/mol. The summed E-state index contributed by atoms with van der Waals surface area (Å²) < 4.78 is 11.2. The number of carbonyl (C=O) groups is 1. The highest BCUT2D eigenvalue weighted by molar-refractivity contribution is 9.10. The van der Waals surface area contributed by atoms with Gasteiger partial charge in [0, 0.05) is 10.0 Å². The van der Waals surface area contributed by atoms with Crippen LogP contribution in [0.5, 0.6) is 11.5 Å². The maximum absolute atomic E-state index is 11.0. The monoisotopic (exact) mass is 309 g/mol. The molecule has 2 rings (SSSR count). The summed E-state index contributed by atoms with van der Waals surface area (Å²) in [6, 6.07) is 5.24. The highest BCUT2D eigenvalue weighted by Gasteiger charge is 2.15. The fourth-order valence-corrected chi connectivity index (χ4v) is 1.74. The molecule has 0 aliphatic carbocycles. The van der Waals surface area contributed by atoms with Crippen molar-refractivity contribution in [2.75, 3.05) is 6.79 Å². The highest BCUT2D eigenvalue weighted by atomic mass is 79.9. The summed E-state index contributed by atoms with van der Waals surface area (Å²) in [4.78, 5) is 11.0. The Kier molecular flexibility index (Phi) is 3.79. The summed E-state index contributed by atoms with van der Waals surface area (Å²) in [6.45, 7) is 0.196. The zero-order valence-corrected chi connectivity index (χ0v) is 10.7. The summed E-state index contributed by atoms with van der Waals surface area (Å²) in [5.41, 5.74) is 2.97. The van der Waals surface area contributed by atoms with Crippen molar-refractivity contribution in [3.05, 3.63) is 22.2 Å². The van der Waals surface area contributed by atoms with E-state index in [0.29, 0.717) is 11.5 Å². The first-order valence-electron chi connectivity index (χ1n) is 4.98. The van der Waals surface area contributed by atoms with Crippen LogP contribution in [-0.4, -0.2) is 18.9 Å². The van der Waals surface area contributed by atoms with Crippen LogP contribution in [0.1, 0.15) is 12.0 Å². The molecule has 0 aromatic heterocycles. The molecule has 0 fully saturated rings. The van der Waals surface area contributed by atoms with Gasteiger partial charge in [0.1, 0.15) is 6.42 Å². The zero-order chi connectivity index (χ0) is 13.0. The molecule has 0 atom stereocenters. The highest BCUT2D eigenvalue weighted by Crippen LogP contribution is 2.36. The average molecular weight is 310 g/mol. The molecular weight excluding hydrogens is 302 g/mol. The van der Waals surface area contributed by atoms with Gasteiger partial charge >= 0.3 is 0 Å². The number of fused-ring (bicyclic) bond motifs is 1. The number of hydrogen-bond acceptors (Lipinski definition) is 5. The second-order valence-corrected chi connectivity index (χ2v) is 4.21. The summed E-state index contributed by atoms with van der Waals surface area (Å²) in [5, 5.41) is 12.0. The fourth-order valence-electron chi connectivity index (χ4n) is 1.32. The predicted octanol–water partition coefficient (Wildman–Crippen LogP) is 1.54. The molecule has 18 heavy (non-hydrogen) atoms. The molecule has 1 amide bonds. The Balaban J connectivity index is 2.08. The molecule has 1 heterocycles. The molecular formula is C11H8BrN3O3. The molecule has 1 aromatic carbocycles. The lowest BCUT2D eigenvalue weighted by molar-refractivity contribution is -0.120. The molecule has 0 bridgehead atoms. The van der Waals surface area contributed by atoms with E-state index in [-0.39, 0.29) is 13.2 Å². The molecule has 0 unspecified atom stereocenters. The average Bonchev–Trinajstić information content (AvgIpc) is 2.76. The first kappa shape index (κ1) is 12.4. The van der Waals surface area contributed by atoms with Crippen molar-refractivity contribution in [1.29, 1.82) is 5.26 Å². The molecule has 1 aromatic rings. The van der Waals surface area contributed by atoms with Crippen LogP contribution in [0.2, 0.25) is 0 Å². The molecule has 0 radical (unpaired) electrons. The van der Waals surface area contributed by atoms with E-state index in [0.717, 1.165) is 10.0 Å². The van der Waals surface area contributed by atoms with Crippen LogP contribution in [0.3, 0.4) is 0 Å². The van der Waals surface area contributed by atoms with Crippen LogP contribution in [0, 0.1) is 11.3 Å². The number of carbonyl (C=O) groups excluding carboxylic acids is 1. The minimum absolute atomic E-state index is 0.196. The smallest absolute Gasteiger partial charge is 0.254 e. The topological polar surface area (TPSA) is 83.7 Å². The number of rotatable bonds is 3. The van der Waals surface area contributed by atoms with E-state index in [4.69, 9.17) is 14.7 Å². The van der Waals surface area contributed by atoms with Crippen LogP contribution in [0.15, 0.2) is 21.7 Å². The lowest BCUT2D eigenvalue weighted by atomic mass is 10.2. The van der Waals surface area contributed by atoms with Crippen molar-refractivity contribution in [2.45, 2.75) is 6.42 Å². The van der Waals surface area contributed by atoms with E-state index in [1.807, 2.05) is 0 Å². The molecule has 92 valence electrons. The third-order valence-corrected chi connectivity index (χ3v) is 2.81. The second kappa shape index (κ2) is 5.51. The van der Waals surface area contributed by atoms with Gasteiger partial charge in [-0.05, 0) is 28.1 Å². The van der Waals surface area contributed by atoms with Gasteiger partial charge in [-0.3, -0.25) is 4.79 Å². The Morgan fingerprint density at radius 2 is 2.28 bits per heavy atom. The Morgan fingerprint density at radius 3 is 3.00 bits per heavy atom. The molecule has 7 heteroatoms. The Morgan fingerprint density at radius 1 is 1.56 bits per heavy atom. The number of ether oxygens (including phenoxy) is 2. The summed E-state index contributed by atoms with van der Waals surface area (Å²) in [5.74, 6) is 0.834. The van der Waals surface area contributed by atoms with E-state index in [9.17, 15) is 4.79 Å². The van der Waals surface area contributed by atoms with E-state index in [1.165, 1.54) is 6.21 Å². The number of hydrogen-bond donors (Lipinski definition) is 1. The Labute approximate surface area is 111 Å². The zero-order valence-electron chi connectivity index (χ0n) is 9.14. The van der Waals surface area contributed by atoms with Crippen LogP contribution >= 0.6 is 15.9 Å². The normalized spacial score (nSPS) is 12.4. The van der Waals surface area contributed by atoms with Crippen LogP contribution in [-0.2, 0) is 4.79 Å². The van der Waals surface area contributed by atoms with Gasteiger partial charge in [0.15, 0.2) is 11.5 Å². The summed E-state index contributed by atoms with van der Waals surface area (Å²) in [7, 11) is 0. The maximum Gasteiger partial charge on any atom is 0.254 e. The van der Waals surface area contributed by atoms with Crippen LogP contribution in [0.4, 0.5) is 0 Å². The van der Waals surface area contributed by atoms with Crippen molar-refractivity contribution >= 4 is 28.1 Å². The third-order valence-electron chi connectivity index (χ3n) is 2.12. The lowest BCUT2D eigenvalue weighted by Crippen LogP contribution is -2.16. The van der Waals surface area contributed by atoms with Gasteiger partial charge in [-0.1, -0.05) is 0 Å². The van der Waals surface area contributed by atoms with Crippen molar-refractivity contribution in [2.24, 2.45) is 5.10 Å². The minimum atomic E-state index is -0.453. The molecule has 1 aliphatic rings. The van der Waals surface area contributed by atoms with E-state index < -0.39 is 5.91 Å². The van der Waals surface area contributed by atoms with E-state index in [2.05, 4.69) is 26.5 Å². The van der Waals surface area contributed by atoms with E-state index >= 15 is 0 Å². The van der Waals surface area contributed by atoms with E-state index in [1.54, 1.807) is 18.2 Å². The second-order valence-electron chi connectivity index (χ2n) is 3.36. The Hall–Kier alpha value is -2.07. The number of nitrogens with zero attached hydrogens (tertiary/aromatic N) is 2.